The fourth-order valence-corrected chi connectivity index (χ4v) is 3.53. The molecular weight excluding hydrogens is 192 g/mol. The summed E-state index contributed by atoms with van der Waals surface area (Å²) < 4.78 is 17.2. The predicted octanol–water partition coefficient (Wildman–Crippen LogP) is 1.95. The van der Waals surface area contributed by atoms with Crippen LogP contribution in [-0.2, 0) is 14.2 Å². The van der Waals surface area contributed by atoms with E-state index in [0.29, 0.717) is 12.0 Å². The fraction of sp³-hybridized carbons (Fsp3) is 1.00. The molecule has 0 radical (unpaired) electrons. The van der Waals surface area contributed by atoms with E-state index >= 15 is 0 Å². The second-order valence-electron chi connectivity index (χ2n) is 5.91. The van der Waals surface area contributed by atoms with Crippen molar-refractivity contribution in [1.29, 1.82) is 0 Å². The van der Waals surface area contributed by atoms with Gasteiger partial charge in [0.05, 0.1) is 19.3 Å². The van der Waals surface area contributed by atoms with Gasteiger partial charge in [0.25, 0.3) is 0 Å². The van der Waals surface area contributed by atoms with Gasteiger partial charge < -0.3 is 14.2 Å². The van der Waals surface area contributed by atoms with E-state index in [2.05, 4.69) is 20.8 Å². The maximum Gasteiger partial charge on any atom is 0.163 e. The first-order valence-corrected chi connectivity index (χ1v) is 5.95. The van der Waals surface area contributed by atoms with E-state index in [9.17, 15) is 0 Å². The van der Waals surface area contributed by atoms with Crippen LogP contribution in [0.1, 0.15) is 33.6 Å². The molecule has 2 heterocycles. The summed E-state index contributed by atoms with van der Waals surface area (Å²) in [5, 5.41) is 0. The molecule has 3 heteroatoms. The lowest BCUT2D eigenvalue weighted by atomic mass is 9.63. The first kappa shape index (κ1) is 10.1. The highest BCUT2D eigenvalue weighted by atomic mass is 16.7. The smallest absolute Gasteiger partial charge is 0.163 e. The predicted molar refractivity (Wildman–Crippen MR) is 55.5 cm³/mol. The Bertz CT molecular complexity index is 265. The minimum absolute atomic E-state index is 0.0107. The van der Waals surface area contributed by atoms with Crippen molar-refractivity contribution in [3.63, 3.8) is 0 Å². The van der Waals surface area contributed by atoms with Crippen LogP contribution in [0.4, 0.5) is 0 Å². The molecule has 0 aromatic rings. The van der Waals surface area contributed by atoms with Crippen molar-refractivity contribution in [3.05, 3.63) is 0 Å². The standard InChI is InChI=1S/C12H20O3/c1-11(2)5-4-8-12(3,15-8)9(11)10-13-6-7-14-10/h8-10H,4-7H2,1-3H3/t8-,9+,12-/m0/s1. The van der Waals surface area contributed by atoms with E-state index < -0.39 is 0 Å². The SMILES string of the molecule is CC1(C)CC[C@@H]2O[C@]2(C)[C@@H]1C1OCCO1. The Hall–Kier alpha value is -0.120. The van der Waals surface area contributed by atoms with E-state index in [1.807, 2.05) is 0 Å². The molecular formula is C12H20O3. The molecule has 0 bridgehead atoms. The highest BCUT2D eigenvalue weighted by Crippen LogP contribution is 2.59. The molecule has 3 atom stereocenters. The van der Waals surface area contributed by atoms with Gasteiger partial charge in [-0.3, -0.25) is 0 Å². The van der Waals surface area contributed by atoms with Gasteiger partial charge in [-0.1, -0.05) is 13.8 Å². The number of hydrogen-bond donors (Lipinski definition) is 0. The Kier molecular flexibility index (Phi) is 1.99. The molecule has 0 N–H and O–H groups in total. The molecule has 1 aliphatic carbocycles. The van der Waals surface area contributed by atoms with Crippen molar-refractivity contribution in [2.45, 2.75) is 51.6 Å². The lowest BCUT2D eigenvalue weighted by Gasteiger charge is -2.42. The number of ether oxygens (including phenoxy) is 3. The summed E-state index contributed by atoms with van der Waals surface area (Å²) in [5.41, 5.74) is 0.271. The summed E-state index contributed by atoms with van der Waals surface area (Å²) in [6.07, 6.45) is 2.80. The fourth-order valence-electron chi connectivity index (χ4n) is 3.53. The normalized spacial score (nSPS) is 49.0. The van der Waals surface area contributed by atoms with Gasteiger partial charge in [-0.25, -0.2) is 0 Å². The third-order valence-corrected chi connectivity index (χ3v) is 4.41. The Morgan fingerprint density at radius 1 is 1.07 bits per heavy atom. The van der Waals surface area contributed by atoms with E-state index in [4.69, 9.17) is 14.2 Å². The summed E-state index contributed by atoms with van der Waals surface area (Å²) in [7, 11) is 0. The average Bonchev–Trinajstić information content (AvgIpc) is 2.61. The molecule has 0 spiro atoms. The summed E-state index contributed by atoms with van der Waals surface area (Å²) in [6.45, 7) is 8.31. The summed E-state index contributed by atoms with van der Waals surface area (Å²) >= 11 is 0. The molecule has 15 heavy (non-hydrogen) atoms. The maximum absolute atomic E-state index is 5.87. The number of hydrogen-bond acceptors (Lipinski definition) is 3. The van der Waals surface area contributed by atoms with E-state index in [0.717, 1.165) is 13.2 Å². The van der Waals surface area contributed by atoms with Gasteiger partial charge in [-0.15, -0.1) is 0 Å². The van der Waals surface area contributed by atoms with E-state index in [-0.39, 0.29) is 17.3 Å². The number of rotatable bonds is 1. The third kappa shape index (κ3) is 1.37. The molecule has 3 fully saturated rings. The molecule has 3 nitrogen and oxygen atoms in total. The molecule has 86 valence electrons. The Labute approximate surface area is 91.1 Å². The first-order valence-electron chi connectivity index (χ1n) is 5.95. The van der Waals surface area contributed by atoms with Crippen molar-refractivity contribution in [1.82, 2.24) is 0 Å². The molecule has 0 aromatic carbocycles. The third-order valence-electron chi connectivity index (χ3n) is 4.41. The Balaban J connectivity index is 1.87. The molecule has 3 rings (SSSR count). The van der Waals surface area contributed by atoms with Crippen LogP contribution in [0, 0.1) is 11.3 Å². The van der Waals surface area contributed by atoms with Gasteiger partial charge in [0.15, 0.2) is 6.29 Å². The summed E-state index contributed by atoms with van der Waals surface area (Å²) in [4.78, 5) is 0. The van der Waals surface area contributed by atoms with Crippen molar-refractivity contribution in [3.8, 4) is 0 Å². The van der Waals surface area contributed by atoms with E-state index in [1.54, 1.807) is 0 Å². The quantitative estimate of drug-likeness (QED) is 0.622. The number of epoxide rings is 1. The zero-order valence-corrected chi connectivity index (χ0v) is 9.79. The molecule has 0 unspecified atom stereocenters. The van der Waals surface area contributed by atoms with Crippen LogP contribution in [-0.4, -0.2) is 31.2 Å². The number of fused-ring (bicyclic) bond motifs is 1. The first-order chi connectivity index (χ1) is 7.04. The summed E-state index contributed by atoms with van der Waals surface area (Å²) in [5.74, 6) is 0.381. The molecule has 0 aromatic heterocycles. The van der Waals surface area contributed by atoms with Crippen molar-refractivity contribution in [2.75, 3.05) is 13.2 Å². The van der Waals surface area contributed by atoms with Crippen LogP contribution < -0.4 is 0 Å². The van der Waals surface area contributed by atoms with Gasteiger partial charge >= 0.3 is 0 Å². The van der Waals surface area contributed by atoms with Gasteiger partial charge in [0.1, 0.15) is 5.60 Å². The average molecular weight is 212 g/mol. The van der Waals surface area contributed by atoms with Crippen molar-refractivity contribution in [2.24, 2.45) is 11.3 Å². The lowest BCUT2D eigenvalue weighted by Crippen LogP contribution is -2.47. The summed E-state index contributed by atoms with van der Waals surface area (Å²) in [6, 6.07) is 0. The molecule has 3 aliphatic rings. The largest absolute Gasteiger partial charge is 0.366 e. The zero-order valence-electron chi connectivity index (χ0n) is 9.79. The molecule has 2 aliphatic heterocycles. The van der Waals surface area contributed by atoms with Crippen LogP contribution in [0.2, 0.25) is 0 Å². The highest BCUT2D eigenvalue weighted by Gasteiger charge is 2.67. The highest BCUT2D eigenvalue weighted by molar-refractivity contribution is 5.12. The van der Waals surface area contributed by atoms with Crippen LogP contribution in [0.5, 0.6) is 0 Å². The van der Waals surface area contributed by atoms with Gasteiger partial charge in [0, 0.05) is 5.92 Å². The van der Waals surface area contributed by atoms with Crippen LogP contribution >= 0.6 is 0 Å². The minimum Gasteiger partial charge on any atom is -0.366 e. The van der Waals surface area contributed by atoms with Crippen molar-refractivity contribution < 1.29 is 14.2 Å². The lowest BCUT2D eigenvalue weighted by molar-refractivity contribution is -0.142. The molecule has 1 saturated carbocycles. The molecule has 2 saturated heterocycles. The maximum atomic E-state index is 5.87. The minimum atomic E-state index is -0.0460. The topological polar surface area (TPSA) is 31.0 Å². The Morgan fingerprint density at radius 3 is 2.40 bits per heavy atom. The second-order valence-corrected chi connectivity index (χ2v) is 5.91. The second kappa shape index (κ2) is 2.96. The van der Waals surface area contributed by atoms with Crippen molar-refractivity contribution >= 4 is 0 Å². The Morgan fingerprint density at radius 2 is 1.73 bits per heavy atom. The van der Waals surface area contributed by atoms with Gasteiger partial charge in [-0.05, 0) is 25.2 Å². The monoisotopic (exact) mass is 212 g/mol. The van der Waals surface area contributed by atoms with Crippen LogP contribution in [0.3, 0.4) is 0 Å². The van der Waals surface area contributed by atoms with Crippen LogP contribution in [0.25, 0.3) is 0 Å². The van der Waals surface area contributed by atoms with Gasteiger partial charge in [0.2, 0.25) is 0 Å². The molecule has 0 amide bonds. The van der Waals surface area contributed by atoms with Gasteiger partial charge in [-0.2, -0.15) is 0 Å². The van der Waals surface area contributed by atoms with Crippen LogP contribution in [0.15, 0.2) is 0 Å². The zero-order chi connectivity index (χ0) is 10.7. The van der Waals surface area contributed by atoms with E-state index in [1.165, 1.54) is 12.8 Å².